The summed E-state index contributed by atoms with van der Waals surface area (Å²) in [6.07, 6.45) is 5.30. The molecule has 22 heavy (non-hydrogen) atoms. The third-order valence-electron chi connectivity index (χ3n) is 3.62. The summed E-state index contributed by atoms with van der Waals surface area (Å²) in [4.78, 5) is 30.1. The number of hydrogen-bond donors (Lipinski definition) is 1. The lowest BCUT2D eigenvalue weighted by atomic mass is 10.1. The summed E-state index contributed by atoms with van der Waals surface area (Å²) >= 11 is 0. The predicted octanol–water partition coefficient (Wildman–Crippen LogP) is 2.24. The van der Waals surface area contributed by atoms with Crippen LogP contribution in [0, 0.1) is 13.8 Å². The van der Waals surface area contributed by atoms with Gasteiger partial charge in [-0.1, -0.05) is 0 Å². The van der Waals surface area contributed by atoms with Crippen molar-refractivity contribution >= 4 is 16.9 Å². The van der Waals surface area contributed by atoms with Gasteiger partial charge in [-0.2, -0.15) is 0 Å². The third kappa shape index (κ3) is 2.55. The van der Waals surface area contributed by atoms with Gasteiger partial charge >= 0.3 is 0 Å². The number of nitrogens with zero attached hydrogens (tertiary/aromatic N) is 4. The molecule has 0 saturated heterocycles. The van der Waals surface area contributed by atoms with Crippen molar-refractivity contribution in [1.29, 1.82) is 0 Å². The minimum atomic E-state index is -0.119. The van der Waals surface area contributed by atoms with Crippen molar-refractivity contribution in [2.24, 2.45) is 0 Å². The first kappa shape index (κ1) is 14.2. The molecule has 3 aromatic rings. The summed E-state index contributed by atoms with van der Waals surface area (Å²) in [6.45, 7) is 4.28. The number of rotatable bonds is 3. The van der Waals surface area contributed by atoms with E-state index in [1.165, 1.54) is 0 Å². The third-order valence-corrected chi connectivity index (χ3v) is 3.62. The number of aryl methyl sites for hydroxylation is 2. The Hall–Kier alpha value is -2.76. The number of carbonyl (C=O) groups is 1. The predicted molar refractivity (Wildman–Crippen MR) is 83.4 cm³/mol. The van der Waals surface area contributed by atoms with E-state index >= 15 is 0 Å². The van der Waals surface area contributed by atoms with Gasteiger partial charge in [-0.05, 0) is 37.1 Å². The molecule has 112 valence electrons. The van der Waals surface area contributed by atoms with Crippen LogP contribution in [0.15, 0.2) is 30.7 Å². The van der Waals surface area contributed by atoms with Crippen LogP contribution in [0.1, 0.15) is 27.4 Å². The topological polar surface area (TPSA) is 74.8 Å². The fraction of sp³-hybridized carbons (Fsp3) is 0.250. The molecule has 1 amide bonds. The van der Waals surface area contributed by atoms with Crippen LogP contribution in [-0.4, -0.2) is 37.8 Å². The summed E-state index contributed by atoms with van der Waals surface area (Å²) in [7, 11) is 1.78. The zero-order valence-electron chi connectivity index (χ0n) is 12.8. The highest BCUT2D eigenvalue weighted by molar-refractivity contribution is 6.03. The van der Waals surface area contributed by atoms with Crippen LogP contribution < -0.4 is 0 Å². The van der Waals surface area contributed by atoms with E-state index in [4.69, 9.17) is 0 Å². The monoisotopic (exact) mass is 295 g/mol. The Kier molecular flexibility index (Phi) is 3.58. The maximum absolute atomic E-state index is 12.7. The van der Waals surface area contributed by atoms with Gasteiger partial charge in [0.1, 0.15) is 17.2 Å². The maximum atomic E-state index is 12.7. The van der Waals surface area contributed by atoms with Gasteiger partial charge in [-0.15, -0.1) is 0 Å². The molecule has 3 rings (SSSR count). The number of aromatic amines is 1. The molecule has 0 radical (unpaired) electrons. The van der Waals surface area contributed by atoms with Gasteiger partial charge in [0.05, 0.1) is 5.39 Å². The van der Waals surface area contributed by atoms with Crippen molar-refractivity contribution in [3.05, 3.63) is 53.4 Å². The molecular weight excluding hydrogens is 278 g/mol. The van der Waals surface area contributed by atoms with Gasteiger partial charge in [0.15, 0.2) is 0 Å². The SMILES string of the molecule is Cc1nc(C(=O)N(C)Cc2ccncc2C)c2cc[nH]c2n1. The van der Waals surface area contributed by atoms with E-state index in [1.54, 1.807) is 37.5 Å². The highest BCUT2D eigenvalue weighted by atomic mass is 16.2. The molecule has 6 heteroatoms. The van der Waals surface area contributed by atoms with Gasteiger partial charge in [0.2, 0.25) is 0 Å². The minimum Gasteiger partial charge on any atom is -0.346 e. The van der Waals surface area contributed by atoms with E-state index in [0.717, 1.165) is 16.5 Å². The van der Waals surface area contributed by atoms with Gasteiger partial charge in [-0.3, -0.25) is 9.78 Å². The van der Waals surface area contributed by atoms with Gasteiger partial charge in [0.25, 0.3) is 5.91 Å². The average Bonchev–Trinajstić information content (AvgIpc) is 2.96. The van der Waals surface area contributed by atoms with Gasteiger partial charge in [-0.25, -0.2) is 9.97 Å². The van der Waals surface area contributed by atoms with Crippen LogP contribution in [0.2, 0.25) is 0 Å². The van der Waals surface area contributed by atoms with Crippen molar-refractivity contribution in [3.63, 3.8) is 0 Å². The number of H-pyrrole nitrogens is 1. The summed E-state index contributed by atoms with van der Waals surface area (Å²) in [5, 5.41) is 0.744. The van der Waals surface area contributed by atoms with Crippen LogP contribution in [0.3, 0.4) is 0 Å². The molecule has 0 spiro atoms. The fourth-order valence-corrected chi connectivity index (χ4v) is 2.40. The second-order valence-corrected chi connectivity index (χ2v) is 5.32. The van der Waals surface area contributed by atoms with Crippen LogP contribution in [0.4, 0.5) is 0 Å². The normalized spacial score (nSPS) is 10.9. The van der Waals surface area contributed by atoms with Crippen LogP contribution >= 0.6 is 0 Å². The second kappa shape index (κ2) is 5.55. The van der Waals surface area contributed by atoms with E-state index < -0.39 is 0 Å². The Labute approximate surface area is 128 Å². The van der Waals surface area contributed by atoms with Crippen molar-refractivity contribution in [1.82, 2.24) is 24.8 Å². The molecule has 0 atom stereocenters. The van der Waals surface area contributed by atoms with Gasteiger partial charge < -0.3 is 9.88 Å². The lowest BCUT2D eigenvalue weighted by molar-refractivity contribution is 0.0781. The summed E-state index contributed by atoms with van der Waals surface area (Å²) < 4.78 is 0. The highest BCUT2D eigenvalue weighted by Crippen LogP contribution is 2.17. The lowest BCUT2D eigenvalue weighted by Gasteiger charge is -2.18. The van der Waals surface area contributed by atoms with E-state index in [9.17, 15) is 4.79 Å². The molecule has 0 aromatic carbocycles. The summed E-state index contributed by atoms with van der Waals surface area (Å²) in [6, 6.07) is 3.75. The molecule has 0 aliphatic carbocycles. The van der Waals surface area contributed by atoms with Gasteiger partial charge in [0, 0.05) is 32.2 Å². The average molecular weight is 295 g/mol. The Morgan fingerprint density at radius 1 is 1.27 bits per heavy atom. The highest BCUT2D eigenvalue weighted by Gasteiger charge is 2.19. The molecular formula is C16H17N5O. The number of carbonyl (C=O) groups excluding carboxylic acids is 1. The minimum absolute atomic E-state index is 0.119. The number of aromatic nitrogens is 4. The van der Waals surface area contributed by atoms with Crippen molar-refractivity contribution in [3.8, 4) is 0 Å². The molecule has 6 nitrogen and oxygen atoms in total. The second-order valence-electron chi connectivity index (χ2n) is 5.32. The first-order valence-corrected chi connectivity index (χ1v) is 7.03. The van der Waals surface area contributed by atoms with Crippen molar-refractivity contribution < 1.29 is 4.79 Å². The molecule has 0 unspecified atom stereocenters. The standard InChI is InChI=1S/C16H17N5O/c1-10-8-17-6-4-12(10)9-21(3)16(22)14-13-5-7-18-15(13)20-11(2)19-14/h4-8H,9H2,1-3H3,(H,18,19,20). The Morgan fingerprint density at radius 2 is 2.09 bits per heavy atom. The zero-order chi connectivity index (χ0) is 15.7. The van der Waals surface area contributed by atoms with Crippen molar-refractivity contribution in [2.75, 3.05) is 7.05 Å². The smallest absolute Gasteiger partial charge is 0.273 e. The van der Waals surface area contributed by atoms with Crippen molar-refractivity contribution in [2.45, 2.75) is 20.4 Å². The first-order valence-electron chi connectivity index (χ1n) is 7.03. The quantitative estimate of drug-likeness (QED) is 0.804. The van der Waals surface area contributed by atoms with E-state index in [0.29, 0.717) is 23.7 Å². The van der Waals surface area contributed by atoms with Crippen LogP contribution in [0.25, 0.3) is 11.0 Å². The molecule has 0 bridgehead atoms. The van der Waals surface area contributed by atoms with E-state index in [-0.39, 0.29) is 5.91 Å². The number of pyridine rings is 1. The summed E-state index contributed by atoms with van der Waals surface area (Å²) in [5.74, 6) is 0.457. The zero-order valence-corrected chi connectivity index (χ0v) is 12.8. The largest absolute Gasteiger partial charge is 0.346 e. The molecule has 0 aliphatic heterocycles. The Morgan fingerprint density at radius 3 is 2.86 bits per heavy atom. The molecule has 3 heterocycles. The van der Waals surface area contributed by atoms with Crippen LogP contribution in [0.5, 0.6) is 0 Å². The Bertz CT molecular complexity index is 839. The first-order chi connectivity index (χ1) is 10.6. The molecule has 0 aliphatic rings. The lowest BCUT2D eigenvalue weighted by Crippen LogP contribution is -2.28. The molecule has 0 saturated carbocycles. The Balaban J connectivity index is 1.92. The maximum Gasteiger partial charge on any atom is 0.273 e. The van der Waals surface area contributed by atoms with Crippen LogP contribution in [-0.2, 0) is 6.54 Å². The summed E-state index contributed by atoms with van der Waals surface area (Å²) in [5.41, 5.74) is 3.25. The van der Waals surface area contributed by atoms with E-state index in [1.807, 2.05) is 19.1 Å². The number of hydrogen-bond acceptors (Lipinski definition) is 4. The van der Waals surface area contributed by atoms with E-state index in [2.05, 4.69) is 19.9 Å². The molecule has 0 fully saturated rings. The fourth-order valence-electron chi connectivity index (χ4n) is 2.40. The molecule has 1 N–H and O–H groups in total. The number of nitrogens with one attached hydrogen (secondary N) is 1. The number of fused-ring (bicyclic) bond motifs is 1. The molecule has 3 aromatic heterocycles. The number of amides is 1.